The Bertz CT molecular complexity index is 469. The van der Waals surface area contributed by atoms with Crippen molar-refractivity contribution in [3.05, 3.63) is 23.0 Å². The lowest BCUT2D eigenvalue weighted by Crippen LogP contribution is -2.32. The standard InChI is InChI=1S/C12H14ClN3O2/c1-12(2,3)18-11(17)14-8-4-5-9-6-7-10(13)16-15-9/h6-7H,8H2,1-3H3,(H,14,17). The highest BCUT2D eigenvalue weighted by Gasteiger charge is 2.14. The van der Waals surface area contributed by atoms with E-state index in [1.807, 2.05) is 0 Å². The van der Waals surface area contributed by atoms with E-state index in [0.717, 1.165) is 0 Å². The van der Waals surface area contributed by atoms with E-state index in [0.29, 0.717) is 10.8 Å². The summed E-state index contributed by atoms with van der Waals surface area (Å²) in [6.45, 7) is 5.56. The number of hydrogen-bond acceptors (Lipinski definition) is 4. The first-order chi connectivity index (χ1) is 8.37. The van der Waals surface area contributed by atoms with Crippen LogP contribution in [-0.4, -0.2) is 28.4 Å². The van der Waals surface area contributed by atoms with E-state index in [4.69, 9.17) is 16.3 Å². The van der Waals surface area contributed by atoms with Gasteiger partial charge in [-0.1, -0.05) is 17.5 Å². The second-order valence-electron chi connectivity index (χ2n) is 4.40. The van der Waals surface area contributed by atoms with Crippen LogP contribution in [0.3, 0.4) is 0 Å². The second kappa shape index (κ2) is 6.22. The molecule has 0 aliphatic carbocycles. The van der Waals surface area contributed by atoms with Crippen LogP contribution in [0.15, 0.2) is 12.1 Å². The fourth-order valence-corrected chi connectivity index (χ4v) is 1.05. The maximum Gasteiger partial charge on any atom is 0.408 e. The topological polar surface area (TPSA) is 64.1 Å². The van der Waals surface area contributed by atoms with Gasteiger partial charge in [-0.25, -0.2) is 4.79 Å². The first-order valence-corrected chi connectivity index (χ1v) is 5.69. The Labute approximate surface area is 111 Å². The van der Waals surface area contributed by atoms with Gasteiger partial charge in [-0.05, 0) is 38.8 Å². The van der Waals surface area contributed by atoms with E-state index >= 15 is 0 Å². The number of rotatable bonds is 1. The molecule has 96 valence electrons. The fourth-order valence-electron chi connectivity index (χ4n) is 0.948. The molecule has 0 bridgehead atoms. The van der Waals surface area contributed by atoms with E-state index in [-0.39, 0.29) is 6.54 Å². The Hall–Kier alpha value is -1.80. The summed E-state index contributed by atoms with van der Waals surface area (Å²) >= 11 is 5.58. The fraction of sp³-hybridized carbons (Fsp3) is 0.417. The highest BCUT2D eigenvalue weighted by molar-refractivity contribution is 6.29. The molecule has 0 aromatic carbocycles. The quantitative estimate of drug-likeness (QED) is 0.791. The van der Waals surface area contributed by atoms with Crippen LogP contribution in [0, 0.1) is 11.8 Å². The molecular formula is C12H14ClN3O2. The van der Waals surface area contributed by atoms with Crippen molar-refractivity contribution in [1.82, 2.24) is 15.5 Å². The van der Waals surface area contributed by atoms with E-state index in [2.05, 4.69) is 27.4 Å². The van der Waals surface area contributed by atoms with Crippen LogP contribution < -0.4 is 5.32 Å². The minimum absolute atomic E-state index is 0.180. The number of ether oxygens (including phenoxy) is 1. The van der Waals surface area contributed by atoms with Gasteiger partial charge in [0.1, 0.15) is 11.3 Å². The summed E-state index contributed by atoms with van der Waals surface area (Å²) in [6, 6.07) is 3.25. The summed E-state index contributed by atoms with van der Waals surface area (Å²) in [7, 11) is 0. The number of alkyl carbamates (subject to hydrolysis) is 1. The van der Waals surface area contributed by atoms with Gasteiger partial charge in [0.15, 0.2) is 5.15 Å². The minimum Gasteiger partial charge on any atom is -0.444 e. The van der Waals surface area contributed by atoms with Crippen LogP contribution in [0.25, 0.3) is 0 Å². The molecule has 0 aliphatic heterocycles. The Morgan fingerprint density at radius 3 is 2.72 bits per heavy atom. The molecular weight excluding hydrogens is 254 g/mol. The predicted octanol–water partition coefficient (Wildman–Crippen LogP) is 2.01. The van der Waals surface area contributed by atoms with Crippen molar-refractivity contribution >= 4 is 17.7 Å². The average Bonchev–Trinajstić information content (AvgIpc) is 2.24. The average molecular weight is 268 g/mol. The molecule has 6 heteroatoms. The number of carbonyl (C=O) groups excluding carboxylic acids is 1. The van der Waals surface area contributed by atoms with Crippen LogP contribution in [-0.2, 0) is 4.74 Å². The molecule has 1 heterocycles. The van der Waals surface area contributed by atoms with Gasteiger partial charge in [-0.15, -0.1) is 10.2 Å². The summed E-state index contributed by atoms with van der Waals surface area (Å²) < 4.78 is 5.04. The van der Waals surface area contributed by atoms with Gasteiger partial charge >= 0.3 is 6.09 Å². The molecule has 1 rings (SSSR count). The summed E-state index contributed by atoms with van der Waals surface area (Å²) in [5.74, 6) is 5.47. The minimum atomic E-state index is -0.515. The predicted molar refractivity (Wildman–Crippen MR) is 68.2 cm³/mol. The van der Waals surface area contributed by atoms with Crippen LogP contribution >= 0.6 is 11.6 Å². The summed E-state index contributed by atoms with van der Waals surface area (Å²) in [4.78, 5) is 11.3. The molecule has 0 saturated heterocycles. The van der Waals surface area contributed by atoms with Crippen LogP contribution in [0.1, 0.15) is 26.5 Å². The molecule has 0 fully saturated rings. The summed E-state index contributed by atoms with van der Waals surface area (Å²) in [5.41, 5.74) is -0.0236. The smallest absolute Gasteiger partial charge is 0.408 e. The lowest BCUT2D eigenvalue weighted by molar-refractivity contribution is 0.0535. The van der Waals surface area contributed by atoms with Crippen molar-refractivity contribution < 1.29 is 9.53 Å². The zero-order valence-corrected chi connectivity index (χ0v) is 11.2. The molecule has 0 saturated carbocycles. The molecule has 1 N–H and O–H groups in total. The normalized spacial score (nSPS) is 10.2. The highest BCUT2D eigenvalue weighted by atomic mass is 35.5. The van der Waals surface area contributed by atoms with Gasteiger partial charge < -0.3 is 10.1 Å². The Kier molecular flexibility index (Phi) is 4.93. The molecule has 0 atom stereocenters. The number of aromatic nitrogens is 2. The molecule has 0 radical (unpaired) electrons. The third kappa shape index (κ3) is 6.06. The van der Waals surface area contributed by atoms with Crippen LogP contribution in [0.4, 0.5) is 4.79 Å². The van der Waals surface area contributed by atoms with Crippen LogP contribution in [0.2, 0.25) is 5.15 Å². The van der Waals surface area contributed by atoms with Crippen molar-refractivity contribution in [3.63, 3.8) is 0 Å². The second-order valence-corrected chi connectivity index (χ2v) is 4.79. The van der Waals surface area contributed by atoms with Gasteiger partial charge in [0, 0.05) is 0 Å². The molecule has 0 spiro atoms. The zero-order valence-electron chi connectivity index (χ0n) is 10.5. The van der Waals surface area contributed by atoms with Crippen molar-refractivity contribution in [1.29, 1.82) is 0 Å². The molecule has 5 nitrogen and oxygen atoms in total. The van der Waals surface area contributed by atoms with E-state index < -0.39 is 11.7 Å². The summed E-state index contributed by atoms with van der Waals surface area (Å²) in [6.07, 6.45) is -0.501. The van der Waals surface area contributed by atoms with Crippen molar-refractivity contribution in [2.24, 2.45) is 0 Å². The Morgan fingerprint density at radius 2 is 2.17 bits per heavy atom. The zero-order chi connectivity index (χ0) is 13.6. The number of amides is 1. The number of nitrogens with one attached hydrogen (secondary N) is 1. The first kappa shape index (κ1) is 14.3. The molecule has 1 aromatic rings. The van der Waals surface area contributed by atoms with E-state index in [1.54, 1.807) is 32.9 Å². The third-order valence-corrected chi connectivity index (χ3v) is 1.77. The number of nitrogens with zero attached hydrogens (tertiary/aromatic N) is 2. The van der Waals surface area contributed by atoms with Gasteiger partial charge in [0.25, 0.3) is 0 Å². The molecule has 0 aliphatic rings. The monoisotopic (exact) mass is 267 g/mol. The van der Waals surface area contributed by atoms with Crippen LogP contribution in [0.5, 0.6) is 0 Å². The number of hydrogen-bond donors (Lipinski definition) is 1. The van der Waals surface area contributed by atoms with Crippen molar-refractivity contribution in [2.75, 3.05) is 6.54 Å². The molecule has 1 aromatic heterocycles. The maximum absolute atomic E-state index is 11.3. The number of halogens is 1. The lowest BCUT2D eigenvalue weighted by atomic mass is 10.2. The lowest BCUT2D eigenvalue weighted by Gasteiger charge is -2.18. The molecule has 18 heavy (non-hydrogen) atoms. The Balaban J connectivity index is 2.38. The highest BCUT2D eigenvalue weighted by Crippen LogP contribution is 2.06. The van der Waals surface area contributed by atoms with Crippen molar-refractivity contribution in [3.8, 4) is 11.8 Å². The first-order valence-electron chi connectivity index (χ1n) is 5.32. The van der Waals surface area contributed by atoms with Crippen molar-refractivity contribution in [2.45, 2.75) is 26.4 Å². The van der Waals surface area contributed by atoms with Gasteiger partial charge in [0.2, 0.25) is 0 Å². The summed E-state index contributed by atoms with van der Waals surface area (Å²) in [5, 5.41) is 10.2. The third-order valence-electron chi connectivity index (χ3n) is 1.57. The SMILES string of the molecule is CC(C)(C)OC(=O)NCC#Cc1ccc(Cl)nn1. The maximum atomic E-state index is 11.3. The number of carbonyl (C=O) groups is 1. The van der Waals surface area contributed by atoms with E-state index in [9.17, 15) is 4.79 Å². The van der Waals surface area contributed by atoms with Gasteiger partial charge in [-0.3, -0.25) is 0 Å². The molecule has 0 unspecified atom stereocenters. The Morgan fingerprint density at radius 1 is 1.44 bits per heavy atom. The van der Waals surface area contributed by atoms with Gasteiger partial charge in [0.05, 0.1) is 6.54 Å². The van der Waals surface area contributed by atoms with E-state index in [1.165, 1.54) is 0 Å². The largest absolute Gasteiger partial charge is 0.444 e. The molecule has 1 amide bonds. The van der Waals surface area contributed by atoms with Gasteiger partial charge in [-0.2, -0.15) is 0 Å².